The summed E-state index contributed by atoms with van der Waals surface area (Å²) in [4.78, 5) is 26.2. The number of anilines is 1. The topological polar surface area (TPSA) is 70.1 Å². The summed E-state index contributed by atoms with van der Waals surface area (Å²) in [5, 5.41) is 7.12. The second kappa shape index (κ2) is 9.20. The Morgan fingerprint density at radius 2 is 1.66 bits per heavy atom. The number of ether oxygens (including phenoxy) is 1. The molecule has 2 aromatic rings. The van der Waals surface area contributed by atoms with E-state index in [0.29, 0.717) is 0 Å². The van der Waals surface area contributed by atoms with E-state index in [9.17, 15) is 18.0 Å². The molecule has 2 aliphatic heterocycles. The van der Waals surface area contributed by atoms with Gasteiger partial charge in [-0.05, 0) is 55.3 Å². The van der Waals surface area contributed by atoms with E-state index in [4.69, 9.17) is 14.6 Å². The van der Waals surface area contributed by atoms with Crippen LogP contribution in [0.3, 0.4) is 0 Å². The van der Waals surface area contributed by atoms with Crippen molar-refractivity contribution in [3.05, 3.63) is 59.7 Å². The van der Waals surface area contributed by atoms with E-state index >= 15 is 0 Å². The zero-order valence-electron chi connectivity index (χ0n) is 17.9. The van der Waals surface area contributed by atoms with Crippen LogP contribution in [0, 0.1) is 0 Å². The van der Waals surface area contributed by atoms with Crippen LogP contribution < -0.4 is 9.64 Å². The molecular formula is C23H25F3N2O4. The van der Waals surface area contributed by atoms with E-state index in [2.05, 4.69) is 35.2 Å². The van der Waals surface area contributed by atoms with E-state index in [1.54, 1.807) is 7.11 Å². The number of rotatable bonds is 3. The number of hydrogen-bond acceptors (Lipinski definition) is 4. The van der Waals surface area contributed by atoms with Crippen molar-refractivity contribution >= 4 is 17.6 Å². The number of likely N-dealkylation sites (N-methyl/N-ethyl adjacent to an activating group) is 1. The molecule has 0 aliphatic carbocycles. The van der Waals surface area contributed by atoms with Gasteiger partial charge >= 0.3 is 12.1 Å². The molecule has 0 unspecified atom stereocenters. The summed E-state index contributed by atoms with van der Waals surface area (Å²) in [7, 11) is 3.59. The second-order valence-electron chi connectivity index (χ2n) is 7.89. The van der Waals surface area contributed by atoms with Crippen LogP contribution in [0.4, 0.5) is 18.9 Å². The first-order chi connectivity index (χ1) is 15.1. The maximum absolute atomic E-state index is 13.0. The molecule has 32 heavy (non-hydrogen) atoms. The van der Waals surface area contributed by atoms with E-state index < -0.39 is 12.1 Å². The Hall–Kier alpha value is -3.07. The van der Waals surface area contributed by atoms with Crippen LogP contribution in [-0.4, -0.2) is 55.3 Å². The molecule has 6 nitrogen and oxygen atoms in total. The number of carboxylic acid groups (broad SMARTS) is 1. The van der Waals surface area contributed by atoms with Gasteiger partial charge in [0.15, 0.2) is 0 Å². The first-order valence-electron chi connectivity index (χ1n) is 10.1. The summed E-state index contributed by atoms with van der Waals surface area (Å²) in [6, 6.07) is 16.5. The maximum atomic E-state index is 13.0. The molecule has 0 radical (unpaired) electrons. The molecule has 0 aromatic heterocycles. The van der Waals surface area contributed by atoms with Gasteiger partial charge in [-0.25, -0.2) is 4.79 Å². The molecule has 172 valence electrons. The van der Waals surface area contributed by atoms with Crippen molar-refractivity contribution < 1.29 is 32.6 Å². The zero-order chi connectivity index (χ0) is 23.5. The lowest BCUT2D eigenvalue weighted by Crippen LogP contribution is -2.47. The number of carbonyl (C=O) groups excluding carboxylic acids is 1. The van der Waals surface area contributed by atoms with Crippen LogP contribution in [0.5, 0.6) is 5.75 Å². The number of alkyl halides is 3. The fourth-order valence-electron chi connectivity index (χ4n) is 4.28. The summed E-state index contributed by atoms with van der Waals surface area (Å²) in [5.41, 5.74) is 3.26. The average molecular weight is 450 g/mol. The molecule has 2 heterocycles. The molecule has 9 heteroatoms. The lowest BCUT2D eigenvalue weighted by molar-refractivity contribution is -0.192. The number of carboxylic acids is 1. The molecule has 4 rings (SSSR count). The highest BCUT2D eigenvalue weighted by atomic mass is 19.4. The molecule has 1 saturated heterocycles. The van der Waals surface area contributed by atoms with E-state index in [0.717, 1.165) is 43.9 Å². The van der Waals surface area contributed by atoms with Crippen molar-refractivity contribution in [3.63, 3.8) is 0 Å². The van der Waals surface area contributed by atoms with Crippen LogP contribution in [0.2, 0.25) is 0 Å². The molecule has 2 aromatic carbocycles. The standard InChI is InChI=1S/C21H24N2O2.C2HF3O2/c1-22-19-6-4-3-5-18(19)21(20(22)24)11-13-23(14-12-21)15-16-7-9-17(25-2)10-8-16;3-2(4,5)1(6)7/h3-10H,11-15H2,1-2H3;(H,6,7). The number of carbonyl (C=O) groups is 2. The molecule has 2 aliphatic rings. The molecule has 0 atom stereocenters. The SMILES string of the molecule is COc1ccc(CN2CCC3(CC2)C(=O)N(C)c2ccccc23)cc1.O=C(O)C(F)(F)F. The molecule has 0 bridgehead atoms. The fourth-order valence-corrected chi connectivity index (χ4v) is 4.28. The summed E-state index contributed by atoms with van der Waals surface area (Å²) in [5.74, 6) is -1.61. The number of aliphatic carboxylic acids is 1. The van der Waals surface area contributed by atoms with Crippen molar-refractivity contribution in [2.75, 3.05) is 32.1 Å². The Kier molecular flexibility index (Phi) is 6.78. The number of amides is 1. The van der Waals surface area contributed by atoms with Crippen molar-refractivity contribution in [2.24, 2.45) is 0 Å². The molecule has 0 saturated carbocycles. The van der Waals surface area contributed by atoms with Crippen LogP contribution in [0.15, 0.2) is 48.5 Å². The number of halogens is 3. The number of piperidine rings is 1. The third-order valence-electron chi connectivity index (χ3n) is 6.01. The zero-order valence-corrected chi connectivity index (χ0v) is 17.9. The predicted molar refractivity (Wildman–Crippen MR) is 113 cm³/mol. The monoisotopic (exact) mass is 450 g/mol. The van der Waals surface area contributed by atoms with Crippen LogP contribution >= 0.6 is 0 Å². The summed E-state index contributed by atoms with van der Waals surface area (Å²) in [6.07, 6.45) is -3.30. The fraction of sp³-hybridized carbons (Fsp3) is 0.391. The lowest BCUT2D eigenvalue weighted by atomic mass is 9.73. The Morgan fingerprint density at radius 3 is 2.19 bits per heavy atom. The highest BCUT2D eigenvalue weighted by Crippen LogP contribution is 2.47. The normalized spacial score (nSPS) is 17.5. The Labute approximate surface area is 184 Å². The minimum absolute atomic E-state index is 0.262. The Balaban J connectivity index is 0.000000360. The largest absolute Gasteiger partial charge is 0.497 e. The summed E-state index contributed by atoms with van der Waals surface area (Å²) < 4.78 is 37.0. The number of likely N-dealkylation sites (tertiary alicyclic amines) is 1. The predicted octanol–water partition coefficient (Wildman–Crippen LogP) is 3.84. The third kappa shape index (κ3) is 4.72. The second-order valence-corrected chi connectivity index (χ2v) is 7.89. The van der Waals surface area contributed by atoms with Crippen molar-refractivity contribution in [2.45, 2.75) is 31.0 Å². The summed E-state index contributed by atoms with van der Waals surface area (Å²) in [6.45, 7) is 2.81. The maximum Gasteiger partial charge on any atom is 0.490 e. The van der Waals surface area contributed by atoms with E-state index in [1.165, 1.54) is 11.1 Å². The van der Waals surface area contributed by atoms with Crippen molar-refractivity contribution in [3.8, 4) is 5.75 Å². The minimum Gasteiger partial charge on any atom is -0.497 e. The van der Waals surface area contributed by atoms with Crippen molar-refractivity contribution in [1.82, 2.24) is 4.90 Å². The van der Waals surface area contributed by atoms with Gasteiger partial charge in [0.25, 0.3) is 0 Å². The minimum atomic E-state index is -5.08. The molecule has 1 amide bonds. The van der Waals surface area contributed by atoms with Gasteiger partial charge in [-0.3, -0.25) is 9.69 Å². The highest BCUT2D eigenvalue weighted by Gasteiger charge is 2.50. The van der Waals surface area contributed by atoms with Gasteiger partial charge in [-0.1, -0.05) is 30.3 Å². The van der Waals surface area contributed by atoms with E-state index in [-0.39, 0.29) is 11.3 Å². The Morgan fingerprint density at radius 1 is 1.09 bits per heavy atom. The number of benzene rings is 2. The number of hydrogen-bond donors (Lipinski definition) is 1. The molecule has 1 spiro atoms. The molecule has 1 fully saturated rings. The van der Waals surface area contributed by atoms with Gasteiger partial charge in [-0.15, -0.1) is 0 Å². The number of nitrogens with zero attached hydrogens (tertiary/aromatic N) is 2. The molecule has 1 N–H and O–H groups in total. The van der Waals surface area contributed by atoms with Gasteiger partial charge in [0, 0.05) is 19.3 Å². The number of fused-ring (bicyclic) bond motifs is 2. The van der Waals surface area contributed by atoms with Gasteiger partial charge < -0.3 is 14.7 Å². The Bertz CT molecular complexity index is 968. The highest BCUT2D eigenvalue weighted by molar-refractivity contribution is 6.07. The summed E-state index contributed by atoms with van der Waals surface area (Å²) >= 11 is 0. The van der Waals surface area contributed by atoms with Gasteiger partial charge in [-0.2, -0.15) is 13.2 Å². The average Bonchev–Trinajstić information content (AvgIpc) is 2.98. The first kappa shape index (κ1) is 23.6. The lowest BCUT2D eigenvalue weighted by Gasteiger charge is -2.38. The van der Waals surface area contributed by atoms with Crippen LogP contribution in [0.1, 0.15) is 24.0 Å². The van der Waals surface area contributed by atoms with E-state index in [1.807, 2.05) is 30.1 Å². The third-order valence-corrected chi connectivity index (χ3v) is 6.01. The van der Waals surface area contributed by atoms with Gasteiger partial charge in [0.2, 0.25) is 5.91 Å². The number of methoxy groups -OCH3 is 1. The van der Waals surface area contributed by atoms with Crippen LogP contribution in [0.25, 0.3) is 0 Å². The van der Waals surface area contributed by atoms with Gasteiger partial charge in [0.05, 0.1) is 12.5 Å². The smallest absolute Gasteiger partial charge is 0.490 e. The van der Waals surface area contributed by atoms with Crippen LogP contribution in [-0.2, 0) is 21.5 Å². The quantitative estimate of drug-likeness (QED) is 0.770. The van der Waals surface area contributed by atoms with Gasteiger partial charge in [0.1, 0.15) is 5.75 Å². The number of para-hydroxylation sites is 1. The molecular weight excluding hydrogens is 425 g/mol. The first-order valence-corrected chi connectivity index (χ1v) is 10.1. The van der Waals surface area contributed by atoms with Crippen molar-refractivity contribution in [1.29, 1.82) is 0 Å².